The zero-order valence-corrected chi connectivity index (χ0v) is 9.37. The van der Waals surface area contributed by atoms with Gasteiger partial charge in [-0.1, -0.05) is 0 Å². The molecule has 0 aliphatic carbocycles. The largest absolute Gasteiger partial charge is 0.447 e. The number of nitrogens with zero attached hydrogens (tertiary/aromatic N) is 2. The first-order valence-electron chi connectivity index (χ1n) is 4.38. The summed E-state index contributed by atoms with van der Waals surface area (Å²) in [4.78, 5) is 17.0. The second kappa shape index (κ2) is 4.95. The first kappa shape index (κ1) is 11.0. The van der Waals surface area contributed by atoms with Crippen LogP contribution in [0.1, 0.15) is 19.5 Å². The number of carbonyl (C=O) groups is 1. The van der Waals surface area contributed by atoms with E-state index < -0.39 is 0 Å². The van der Waals surface area contributed by atoms with E-state index in [1.807, 2.05) is 19.2 Å². The molecule has 5 heteroatoms. The van der Waals surface area contributed by atoms with Crippen LogP contribution in [-0.4, -0.2) is 29.1 Å². The van der Waals surface area contributed by atoms with Crippen molar-refractivity contribution in [3.05, 3.63) is 16.6 Å². The van der Waals surface area contributed by atoms with E-state index >= 15 is 0 Å². The maximum Gasteiger partial charge on any atom is 0.410 e. The molecule has 0 radical (unpaired) electrons. The van der Waals surface area contributed by atoms with Crippen LogP contribution < -0.4 is 0 Å². The van der Waals surface area contributed by atoms with E-state index in [1.54, 1.807) is 12.6 Å². The van der Waals surface area contributed by atoms with Crippen LogP contribution in [0.5, 0.6) is 0 Å². The Morgan fingerprint density at radius 1 is 1.71 bits per heavy atom. The number of aromatic nitrogens is 1. The molecule has 0 unspecified atom stereocenters. The van der Waals surface area contributed by atoms with E-state index in [1.165, 1.54) is 16.2 Å². The Balaban J connectivity index is 2.42. The Bertz CT molecular complexity index is 285. The molecule has 0 aliphatic rings. The molecule has 0 atom stereocenters. The molecule has 1 aromatic rings. The van der Waals surface area contributed by atoms with E-state index in [9.17, 15) is 4.79 Å². The minimum absolute atomic E-state index is 0.0830. The Morgan fingerprint density at radius 3 is 2.93 bits per heavy atom. The van der Waals surface area contributed by atoms with Crippen molar-refractivity contribution >= 4 is 17.4 Å². The number of carbonyl (C=O) groups excluding carboxylic acids is 1. The Hall–Kier alpha value is -1.10. The second-order valence-electron chi connectivity index (χ2n) is 3.27. The molecule has 4 nitrogen and oxygen atoms in total. The minimum Gasteiger partial charge on any atom is -0.447 e. The lowest BCUT2D eigenvalue weighted by Gasteiger charge is -2.17. The molecule has 0 saturated carbocycles. The maximum atomic E-state index is 11.4. The SMILES string of the molecule is CC(C)OC(=O)N(C)Cc1cscn1. The highest BCUT2D eigenvalue weighted by Crippen LogP contribution is 2.05. The normalized spacial score (nSPS) is 10.3. The lowest BCUT2D eigenvalue weighted by atomic mass is 10.4. The van der Waals surface area contributed by atoms with Crippen LogP contribution in [0.25, 0.3) is 0 Å². The number of rotatable bonds is 3. The fourth-order valence-electron chi connectivity index (χ4n) is 0.915. The third kappa shape index (κ3) is 3.33. The molecule has 0 fully saturated rings. The standard InChI is InChI=1S/C9H14N2O2S/c1-7(2)13-9(12)11(3)4-8-5-14-6-10-8/h5-7H,4H2,1-3H3. The van der Waals surface area contributed by atoms with Gasteiger partial charge in [-0.05, 0) is 13.8 Å². The molecule has 14 heavy (non-hydrogen) atoms. The van der Waals surface area contributed by atoms with Crippen molar-refractivity contribution < 1.29 is 9.53 Å². The third-order valence-corrected chi connectivity index (χ3v) is 2.17. The van der Waals surface area contributed by atoms with Gasteiger partial charge >= 0.3 is 6.09 Å². The van der Waals surface area contributed by atoms with E-state index in [0.29, 0.717) is 6.54 Å². The average Bonchev–Trinajstić information content (AvgIpc) is 2.55. The van der Waals surface area contributed by atoms with Crippen molar-refractivity contribution in [1.82, 2.24) is 9.88 Å². The van der Waals surface area contributed by atoms with Crippen LogP contribution in [0.15, 0.2) is 10.9 Å². The lowest BCUT2D eigenvalue weighted by Crippen LogP contribution is -2.29. The van der Waals surface area contributed by atoms with Crippen molar-refractivity contribution in [1.29, 1.82) is 0 Å². The number of hydrogen-bond acceptors (Lipinski definition) is 4. The summed E-state index contributed by atoms with van der Waals surface area (Å²) in [5.41, 5.74) is 2.63. The quantitative estimate of drug-likeness (QED) is 0.774. The molecule has 0 spiro atoms. The van der Waals surface area contributed by atoms with Gasteiger partial charge in [0.15, 0.2) is 0 Å². The van der Waals surface area contributed by atoms with Crippen molar-refractivity contribution in [2.24, 2.45) is 0 Å². The summed E-state index contributed by atoms with van der Waals surface area (Å²) >= 11 is 1.52. The molecule has 0 aromatic carbocycles. The summed E-state index contributed by atoms with van der Waals surface area (Å²) < 4.78 is 5.02. The number of ether oxygens (including phenoxy) is 1. The molecule has 1 rings (SSSR count). The molecule has 1 amide bonds. The summed E-state index contributed by atoms with van der Waals surface area (Å²) in [6.45, 7) is 4.15. The summed E-state index contributed by atoms with van der Waals surface area (Å²) in [6, 6.07) is 0. The highest BCUT2D eigenvalue weighted by atomic mass is 32.1. The highest BCUT2D eigenvalue weighted by Gasteiger charge is 2.12. The van der Waals surface area contributed by atoms with E-state index in [-0.39, 0.29) is 12.2 Å². The fourth-order valence-corrected chi connectivity index (χ4v) is 1.46. The Labute approximate surface area is 87.5 Å². The van der Waals surface area contributed by atoms with Crippen molar-refractivity contribution in [3.8, 4) is 0 Å². The highest BCUT2D eigenvalue weighted by molar-refractivity contribution is 7.07. The first-order valence-corrected chi connectivity index (χ1v) is 5.32. The molecule has 78 valence electrons. The smallest absolute Gasteiger partial charge is 0.410 e. The van der Waals surface area contributed by atoms with Crippen molar-refractivity contribution in [2.75, 3.05) is 7.05 Å². The van der Waals surface area contributed by atoms with E-state index in [0.717, 1.165) is 5.69 Å². The van der Waals surface area contributed by atoms with Crippen molar-refractivity contribution in [3.63, 3.8) is 0 Å². The van der Waals surface area contributed by atoms with Gasteiger partial charge in [-0.3, -0.25) is 0 Å². The van der Waals surface area contributed by atoms with Gasteiger partial charge in [0.05, 0.1) is 23.9 Å². The average molecular weight is 214 g/mol. The molecule has 1 aromatic heterocycles. The molecular formula is C9H14N2O2S. The van der Waals surface area contributed by atoms with Crippen LogP contribution in [0, 0.1) is 0 Å². The zero-order valence-electron chi connectivity index (χ0n) is 8.56. The van der Waals surface area contributed by atoms with Crippen molar-refractivity contribution in [2.45, 2.75) is 26.5 Å². The Kier molecular flexibility index (Phi) is 3.88. The number of hydrogen-bond donors (Lipinski definition) is 0. The molecule has 0 saturated heterocycles. The molecule has 0 bridgehead atoms. The third-order valence-electron chi connectivity index (χ3n) is 1.53. The van der Waals surface area contributed by atoms with E-state index in [2.05, 4.69) is 4.98 Å². The summed E-state index contributed by atoms with van der Waals surface area (Å²) in [5.74, 6) is 0. The molecule has 1 heterocycles. The summed E-state index contributed by atoms with van der Waals surface area (Å²) in [7, 11) is 1.70. The van der Waals surface area contributed by atoms with Crippen LogP contribution >= 0.6 is 11.3 Å². The van der Waals surface area contributed by atoms with E-state index in [4.69, 9.17) is 4.74 Å². The second-order valence-corrected chi connectivity index (χ2v) is 3.99. The molecular weight excluding hydrogens is 200 g/mol. The van der Waals surface area contributed by atoms with Gasteiger partial charge in [0, 0.05) is 12.4 Å². The van der Waals surface area contributed by atoms with Gasteiger partial charge in [-0.25, -0.2) is 9.78 Å². The predicted molar refractivity (Wildman–Crippen MR) is 55.2 cm³/mol. The molecule has 0 N–H and O–H groups in total. The van der Waals surface area contributed by atoms with Gasteiger partial charge in [0.2, 0.25) is 0 Å². The van der Waals surface area contributed by atoms with Crippen LogP contribution in [0.2, 0.25) is 0 Å². The van der Waals surface area contributed by atoms with Crippen LogP contribution in [0.3, 0.4) is 0 Å². The van der Waals surface area contributed by atoms with Gasteiger partial charge in [-0.15, -0.1) is 11.3 Å². The predicted octanol–water partition coefficient (Wildman–Crippen LogP) is 2.12. The number of thiazole rings is 1. The monoisotopic (exact) mass is 214 g/mol. The maximum absolute atomic E-state index is 11.4. The van der Waals surface area contributed by atoms with Gasteiger partial charge in [-0.2, -0.15) is 0 Å². The fraction of sp³-hybridized carbons (Fsp3) is 0.556. The Morgan fingerprint density at radius 2 is 2.43 bits per heavy atom. The molecule has 0 aliphatic heterocycles. The summed E-state index contributed by atoms with van der Waals surface area (Å²) in [6.07, 6.45) is -0.395. The first-order chi connectivity index (χ1) is 6.59. The minimum atomic E-state index is -0.312. The number of amides is 1. The van der Waals surface area contributed by atoms with Gasteiger partial charge < -0.3 is 9.64 Å². The van der Waals surface area contributed by atoms with Gasteiger partial charge in [0.1, 0.15) is 0 Å². The zero-order chi connectivity index (χ0) is 10.6. The van der Waals surface area contributed by atoms with Crippen LogP contribution in [-0.2, 0) is 11.3 Å². The van der Waals surface area contributed by atoms with Gasteiger partial charge in [0.25, 0.3) is 0 Å². The topological polar surface area (TPSA) is 42.4 Å². The summed E-state index contributed by atoms with van der Waals surface area (Å²) in [5, 5.41) is 1.92. The van der Waals surface area contributed by atoms with Crippen LogP contribution in [0.4, 0.5) is 4.79 Å². The lowest BCUT2D eigenvalue weighted by molar-refractivity contribution is 0.0820.